The summed E-state index contributed by atoms with van der Waals surface area (Å²) in [6.45, 7) is 3.58. The van der Waals surface area contributed by atoms with Gasteiger partial charge in [-0.2, -0.15) is 0 Å². The van der Waals surface area contributed by atoms with E-state index in [1.54, 1.807) is 17.8 Å². The zero-order valence-electron chi connectivity index (χ0n) is 7.34. The molecule has 1 unspecified atom stereocenters. The highest BCUT2D eigenvalue weighted by molar-refractivity contribution is 5.85. The van der Waals surface area contributed by atoms with E-state index in [0.29, 0.717) is 11.7 Å². The molecule has 2 N–H and O–H groups in total. The van der Waals surface area contributed by atoms with E-state index in [-0.39, 0.29) is 12.4 Å². The van der Waals surface area contributed by atoms with Crippen molar-refractivity contribution in [3.8, 4) is 0 Å². The summed E-state index contributed by atoms with van der Waals surface area (Å²) in [5.41, 5.74) is 0.641. The van der Waals surface area contributed by atoms with Gasteiger partial charge in [-0.25, -0.2) is 4.68 Å². The number of hydrogen-bond acceptors (Lipinski definition) is 4. The highest BCUT2D eigenvalue weighted by atomic mass is 35.5. The SMILES string of the molecule is CC(O)c1cn(C2CNC2)nn1.Cl. The lowest BCUT2D eigenvalue weighted by molar-refractivity contribution is 0.194. The minimum Gasteiger partial charge on any atom is -0.387 e. The van der Waals surface area contributed by atoms with Gasteiger partial charge in [-0.3, -0.25) is 0 Å². The zero-order chi connectivity index (χ0) is 8.55. The predicted octanol–water partition coefficient (Wildman–Crippen LogP) is -0.103. The highest BCUT2D eigenvalue weighted by Crippen LogP contribution is 2.13. The van der Waals surface area contributed by atoms with Crippen LogP contribution in [0.3, 0.4) is 0 Å². The van der Waals surface area contributed by atoms with Crippen LogP contribution in [0.1, 0.15) is 24.8 Å². The van der Waals surface area contributed by atoms with Gasteiger partial charge in [0.05, 0.1) is 18.3 Å². The number of aliphatic hydroxyl groups excluding tert-OH is 1. The Kier molecular flexibility index (Phi) is 3.24. The average molecular weight is 205 g/mol. The number of hydrogen-bond donors (Lipinski definition) is 2. The number of nitrogens with one attached hydrogen (secondary N) is 1. The third-order valence-corrected chi connectivity index (χ3v) is 2.09. The van der Waals surface area contributed by atoms with Gasteiger partial charge in [0.25, 0.3) is 0 Å². The normalized spacial score (nSPS) is 18.9. The molecule has 1 aromatic heterocycles. The second-order valence-electron chi connectivity index (χ2n) is 3.11. The molecule has 2 rings (SSSR count). The van der Waals surface area contributed by atoms with Crippen LogP contribution < -0.4 is 5.32 Å². The van der Waals surface area contributed by atoms with Crippen molar-refractivity contribution in [1.29, 1.82) is 0 Å². The largest absolute Gasteiger partial charge is 0.387 e. The van der Waals surface area contributed by atoms with Crippen LogP contribution in [-0.2, 0) is 0 Å². The Hall–Kier alpha value is -0.650. The van der Waals surface area contributed by atoms with Gasteiger partial charge in [0, 0.05) is 13.1 Å². The summed E-state index contributed by atoms with van der Waals surface area (Å²) in [4.78, 5) is 0. The molecule has 6 heteroatoms. The molecule has 1 fully saturated rings. The fraction of sp³-hybridized carbons (Fsp3) is 0.714. The van der Waals surface area contributed by atoms with E-state index in [9.17, 15) is 5.11 Å². The van der Waals surface area contributed by atoms with Crippen LogP contribution in [-0.4, -0.2) is 33.2 Å². The van der Waals surface area contributed by atoms with Crippen LogP contribution in [0, 0.1) is 0 Å². The van der Waals surface area contributed by atoms with Gasteiger partial charge < -0.3 is 10.4 Å². The van der Waals surface area contributed by atoms with E-state index in [1.807, 2.05) is 0 Å². The van der Waals surface area contributed by atoms with Crippen LogP contribution in [0.5, 0.6) is 0 Å². The topological polar surface area (TPSA) is 63.0 Å². The number of aliphatic hydroxyl groups is 1. The first kappa shape index (κ1) is 10.4. The second kappa shape index (κ2) is 4.04. The molecule has 1 atom stereocenters. The summed E-state index contributed by atoms with van der Waals surface area (Å²) >= 11 is 0. The standard InChI is InChI=1S/C7H12N4O.ClH/c1-5(12)7-4-11(10-9-7)6-2-8-3-6;/h4-6,8,12H,2-3H2,1H3;1H. The van der Waals surface area contributed by atoms with Crippen LogP contribution in [0.2, 0.25) is 0 Å². The van der Waals surface area contributed by atoms with Gasteiger partial charge in [0.1, 0.15) is 5.69 Å². The summed E-state index contributed by atoms with van der Waals surface area (Å²) in [5.74, 6) is 0. The van der Waals surface area contributed by atoms with Crippen molar-refractivity contribution in [2.45, 2.75) is 19.1 Å². The van der Waals surface area contributed by atoms with Gasteiger partial charge in [0.2, 0.25) is 0 Å². The predicted molar refractivity (Wildman–Crippen MR) is 49.8 cm³/mol. The van der Waals surface area contributed by atoms with E-state index >= 15 is 0 Å². The Bertz CT molecular complexity index is 271. The van der Waals surface area contributed by atoms with Crippen LogP contribution >= 0.6 is 12.4 Å². The summed E-state index contributed by atoms with van der Waals surface area (Å²) < 4.78 is 1.80. The second-order valence-corrected chi connectivity index (χ2v) is 3.11. The van der Waals surface area contributed by atoms with E-state index in [0.717, 1.165) is 13.1 Å². The number of nitrogens with zero attached hydrogens (tertiary/aromatic N) is 3. The smallest absolute Gasteiger partial charge is 0.111 e. The van der Waals surface area contributed by atoms with Crippen LogP contribution in [0.4, 0.5) is 0 Å². The molecule has 0 bridgehead atoms. The Labute approximate surface area is 82.5 Å². The first-order chi connectivity index (χ1) is 5.77. The lowest BCUT2D eigenvalue weighted by atomic mass is 10.2. The van der Waals surface area contributed by atoms with Crippen molar-refractivity contribution in [1.82, 2.24) is 20.3 Å². The third kappa shape index (κ3) is 1.99. The summed E-state index contributed by atoms with van der Waals surface area (Å²) in [6, 6.07) is 0.421. The Balaban J connectivity index is 0.000000845. The molecule has 1 saturated heterocycles. The molecule has 0 aliphatic carbocycles. The minimum absolute atomic E-state index is 0. The third-order valence-electron chi connectivity index (χ3n) is 2.09. The lowest BCUT2D eigenvalue weighted by Crippen LogP contribution is -2.43. The summed E-state index contributed by atoms with van der Waals surface area (Å²) in [5, 5.41) is 20.1. The maximum absolute atomic E-state index is 9.18. The fourth-order valence-corrected chi connectivity index (χ4v) is 1.12. The molecule has 0 aromatic carbocycles. The van der Waals surface area contributed by atoms with E-state index in [4.69, 9.17) is 0 Å². The first-order valence-corrected chi connectivity index (χ1v) is 4.08. The molecular weight excluding hydrogens is 192 g/mol. The van der Waals surface area contributed by atoms with Gasteiger partial charge >= 0.3 is 0 Å². The fourth-order valence-electron chi connectivity index (χ4n) is 1.12. The Morgan fingerprint density at radius 2 is 2.38 bits per heavy atom. The summed E-state index contributed by atoms with van der Waals surface area (Å²) in [7, 11) is 0. The maximum atomic E-state index is 9.18. The van der Waals surface area contributed by atoms with E-state index in [1.165, 1.54) is 0 Å². The molecule has 1 aliphatic heterocycles. The van der Waals surface area contributed by atoms with Gasteiger partial charge in [-0.15, -0.1) is 17.5 Å². The van der Waals surface area contributed by atoms with Gasteiger partial charge in [0.15, 0.2) is 0 Å². The average Bonchev–Trinajstić information content (AvgIpc) is 2.32. The lowest BCUT2D eigenvalue weighted by Gasteiger charge is -2.26. The van der Waals surface area contributed by atoms with Gasteiger partial charge in [-0.1, -0.05) is 5.21 Å². The molecular formula is C7H13ClN4O. The van der Waals surface area contributed by atoms with Crippen molar-refractivity contribution < 1.29 is 5.11 Å². The van der Waals surface area contributed by atoms with E-state index < -0.39 is 6.10 Å². The van der Waals surface area contributed by atoms with Crippen LogP contribution in [0.25, 0.3) is 0 Å². The number of halogens is 1. The van der Waals surface area contributed by atoms with Crippen molar-refractivity contribution in [3.05, 3.63) is 11.9 Å². The monoisotopic (exact) mass is 204 g/mol. The Morgan fingerprint density at radius 1 is 1.69 bits per heavy atom. The molecule has 2 heterocycles. The van der Waals surface area contributed by atoms with Crippen LogP contribution in [0.15, 0.2) is 6.20 Å². The zero-order valence-corrected chi connectivity index (χ0v) is 8.16. The molecule has 0 saturated carbocycles. The van der Waals surface area contributed by atoms with Gasteiger partial charge in [-0.05, 0) is 6.92 Å². The molecule has 0 radical (unpaired) electrons. The quantitative estimate of drug-likeness (QED) is 0.706. The molecule has 1 aromatic rings. The Morgan fingerprint density at radius 3 is 2.77 bits per heavy atom. The highest BCUT2D eigenvalue weighted by Gasteiger charge is 2.20. The van der Waals surface area contributed by atoms with Crippen molar-refractivity contribution in [2.75, 3.05) is 13.1 Å². The first-order valence-electron chi connectivity index (χ1n) is 4.08. The maximum Gasteiger partial charge on any atom is 0.111 e. The molecule has 0 spiro atoms. The summed E-state index contributed by atoms with van der Waals surface area (Å²) in [6.07, 6.45) is 1.28. The van der Waals surface area contributed by atoms with Crippen molar-refractivity contribution in [3.63, 3.8) is 0 Å². The van der Waals surface area contributed by atoms with Crippen molar-refractivity contribution >= 4 is 12.4 Å². The minimum atomic E-state index is -0.521. The molecule has 5 nitrogen and oxygen atoms in total. The molecule has 74 valence electrons. The number of aromatic nitrogens is 3. The molecule has 1 aliphatic rings. The molecule has 0 amide bonds. The number of rotatable bonds is 2. The molecule has 13 heavy (non-hydrogen) atoms. The van der Waals surface area contributed by atoms with E-state index in [2.05, 4.69) is 15.6 Å². The van der Waals surface area contributed by atoms with Crippen molar-refractivity contribution in [2.24, 2.45) is 0 Å².